The van der Waals surface area contributed by atoms with E-state index in [1.54, 1.807) is 21.8 Å². The molecule has 0 radical (unpaired) electrons. The molecule has 2 nitrogen and oxygen atoms in total. The molecular formula is C15H20N2S2. The first-order chi connectivity index (χ1) is 9.36. The highest BCUT2D eigenvalue weighted by Gasteiger charge is 2.18. The van der Waals surface area contributed by atoms with Gasteiger partial charge < -0.3 is 5.32 Å². The van der Waals surface area contributed by atoms with Crippen LogP contribution in [0.15, 0.2) is 17.8 Å². The van der Waals surface area contributed by atoms with Gasteiger partial charge in [0.1, 0.15) is 0 Å². The van der Waals surface area contributed by atoms with E-state index in [0.29, 0.717) is 6.04 Å². The topological polar surface area (TPSA) is 24.9 Å². The lowest BCUT2D eigenvalue weighted by atomic mass is 10.1. The van der Waals surface area contributed by atoms with Crippen LogP contribution in [0.4, 0.5) is 0 Å². The molecule has 2 aromatic rings. The SMILES string of the molecule is CNC(Cc1cncs1)c1cc2c(s1)CCCCC2. The van der Waals surface area contributed by atoms with Gasteiger partial charge in [-0.3, -0.25) is 4.98 Å². The number of thiazole rings is 1. The van der Waals surface area contributed by atoms with Crippen LogP contribution >= 0.6 is 22.7 Å². The first-order valence-corrected chi connectivity index (χ1v) is 8.72. The molecule has 1 aliphatic carbocycles. The number of nitrogens with zero attached hydrogens (tertiary/aromatic N) is 1. The van der Waals surface area contributed by atoms with Crippen LogP contribution in [-0.2, 0) is 19.3 Å². The second kappa shape index (κ2) is 6.16. The molecule has 102 valence electrons. The predicted octanol–water partition coefficient (Wildman–Crippen LogP) is 3.98. The monoisotopic (exact) mass is 292 g/mol. The highest BCUT2D eigenvalue weighted by molar-refractivity contribution is 7.12. The number of hydrogen-bond acceptors (Lipinski definition) is 4. The molecule has 2 aromatic heterocycles. The van der Waals surface area contributed by atoms with Crippen molar-refractivity contribution in [3.05, 3.63) is 38.0 Å². The largest absolute Gasteiger partial charge is 0.312 e. The molecule has 0 amide bonds. The zero-order valence-corrected chi connectivity index (χ0v) is 12.9. The van der Waals surface area contributed by atoms with Crippen molar-refractivity contribution in [2.75, 3.05) is 7.05 Å². The van der Waals surface area contributed by atoms with Gasteiger partial charge in [0.15, 0.2) is 0 Å². The molecule has 3 rings (SSSR count). The predicted molar refractivity (Wildman–Crippen MR) is 83.2 cm³/mol. The standard InChI is InChI=1S/C15H20N2S2/c1-16-13(8-12-9-17-10-18-12)15-7-11-5-3-2-4-6-14(11)19-15/h7,9-10,13,16H,2-6,8H2,1H3. The van der Waals surface area contributed by atoms with E-state index in [0.717, 1.165) is 6.42 Å². The maximum Gasteiger partial charge on any atom is 0.0794 e. The van der Waals surface area contributed by atoms with Gasteiger partial charge in [-0.05, 0) is 44.4 Å². The van der Waals surface area contributed by atoms with E-state index in [4.69, 9.17) is 0 Å². The number of thiophene rings is 1. The third kappa shape index (κ3) is 3.07. The van der Waals surface area contributed by atoms with Crippen molar-refractivity contribution in [3.63, 3.8) is 0 Å². The van der Waals surface area contributed by atoms with E-state index in [1.807, 2.05) is 23.0 Å². The number of likely N-dealkylation sites (N-methyl/N-ethyl adjacent to an activating group) is 1. The average molecular weight is 292 g/mol. The molecule has 0 saturated carbocycles. The Morgan fingerprint density at radius 1 is 1.32 bits per heavy atom. The fourth-order valence-electron chi connectivity index (χ4n) is 2.75. The lowest BCUT2D eigenvalue weighted by molar-refractivity contribution is 0.605. The minimum Gasteiger partial charge on any atom is -0.312 e. The summed E-state index contributed by atoms with van der Waals surface area (Å²) in [6, 6.07) is 2.89. The molecule has 2 heterocycles. The van der Waals surface area contributed by atoms with E-state index < -0.39 is 0 Å². The Labute approximate surface area is 122 Å². The van der Waals surface area contributed by atoms with Crippen LogP contribution in [-0.4, -0.2) is 12.0 Å². The van der Waals surface area contributed by atoms with Crippen molar-refractivity contribution in [2.24, 2.45) is 0 Å². The van der Waals surface area contributed by atoms with Crippen LogP contribution in [0.5, 0.6) is 0 Å². The number of hydrogen-bond donors (Lipinski definition) is 1. The zero-order valence-electron chi connectivity index (χ0n) is 11.3. The second-order valence-corrected chi connectivity index (χ2v) is 7.31. The normalized spacial score (nSPS) is 16.9. The van der Waals surface area contributed by atoms with Crippen LogP contribution < -0.4 is 5.32 Å². The van der Waals surface area contributed by atoms with Crippen molar-refractivity contribution in [3.8, 4) is 0 Å². The molecule has 1 unspecified atom stereocenters. The molecule has 0 aromatic carbocycles. The molecule has 0 aliphatic heterocycles. The van der Waals surface area contributed by atoms with Gasteiger partial charge in [0, 0.05) is 33.3 Å². The summed E-state index contributed by atoms with van der Waals surface area (Å²) in [7, 11) is 2.07. The highest BCUT2D eigenvalue weighted by Crippen LogP contribution is 2.33. The van der Waals surface area contributed by atoms with E-state index in [9.17, 15) is 0 Å². The summed E-state index contributed by atoms with van der Waals surface area (Å²) in [5, 5.41) is 3.47. The van der Waals surface area contributed by atoms with Crippen molar-refractivity contribution in [2.45, 2.75) is 44.6 Å². The Kier molecular flexibility index (Phi) is 4.31. The van der Waals surface area contributed by atoms with Crippen molar-refractivity contribution < 1.29 is 0 Å². The molecule has 0 bridgehead atoms. The molecule has 4 heteroatoms. The minimum atomic E-state index is 0.442. The average Bonchev–Trinajstić information content (AvgIpc) is 3.02. The number of rotatable bonds is 4. The van der Waals surface area contributed by atoms with Gasteiger partial charge >= 0.3 is 0 Å². The van der Waals surface area contributed by atoms with Gasteiger partial charge in [-0.1, -0.05) is 6.42 Å². The summed E-state index contributed by atoms with van der Waals surface area (Å²) in [5.74, 6) is 0. The van der Waals surface area contributed by atoms with E-state index >= 15 is 0 Å². The van der Waals surface area contributed by atoms with Crippen molar-refractivity contribution in [1.29, 1.82) is 0 Å². The quantitative estimate of drug-likeness (QED) is 0.862. The Morgan fingerprint density at radius 3 is 3.00 bits per heavy atom. The molecule has 1 N–H and O–H groups in total. The summed E-state index contributed by atoms with van der Waals surface area (Å²) < 4.78 is 0. The van der Waals surface area contributed by atoms with Gasteiger partial charge in [0.2, 0.25) is 0 Å². The second-order valence-electron chi connectivity index (χ2n) is 5.17. The summed E-state index contributed by atoms with van der Waals surface area (Å²) in [6.45, 7) is 0. The Morgan fingerprint density at radius 2 is 2.21 bits per heavy atom. The molecule has 19 heavy (non-hydrogen) atoms. The summed E-state index contributed by atoms with van der Waals surface area (Å²) >= 11 is 3.78. The lowest BCUT2D eigenvalue weighted by Crippen LogP contribution is -2.17. The van der Waals surface area contributed by atoms with Gasteiger partial charge in [-0.2, -0.15) is 0 Å². The fourth-order valence-corrected chi connectivity index (χ4v) is 4.76. The van der Waals surface area contributed by atoms with E-state index in [1.165, 1.54) is 41.9 Å². The van der Waals surface area contributed by atoms with Crippen LogP contribution in [0.2, 0.25) is 0 Å². The van der Waals surface area contributed by atoms with Crippen LogP contribution in [0.1, 0.15) is 45.5 Å². The summed E-state index contributed by atoms with van der Waals surface area (Å²) in [6.07, 6.45) is 9.75. The smallest absolute Gasteiger partial charge is 0.0794 e. The van der Waals surface area contributed by atoms with Crippen molar-refractivity contribution in [1.82, 2.24) is 10.3 Å². The Balaban J connectivity index is 1.79. The maximum absolute atomic E-state index is 4.17. The molecule has 1 aliphatic rings. The molecule has 0 spiro atoms. The highest BCUT2D eigenvalue weighted by atomic mass is 32.1. The van der Waals surface area contributed by atoms with Crippen LogP contribution in [0.25, 0.3) is 0 Å². The number of aromatic nitrogens is 1. The van der Waals surface area contributed by atoms with Gasteiger partial charge in [0.05, 0.1) is 5.51 Å². The van der Waals surface area contributed by atoms with Crippen LogP contribution in [0.3, 0.4) is 0 Å². The summed E-state index contributed by atoms with van der Waals surface area (Å²) in [5.41, 5.74) is 3.54. The fraction of sp³-hybridized carbons (Fsp3) is 0.533. The van der Waals surface area contributed by atoms with Gasteiger partial charge in [0.25, 0.3) is 0 Å². The maximum atomic E-state index is 4.17. The zero-order chi connectivity index (χ0) is 13.1. The lowest BCUT2D eigenvalue weighted by Gasteiger charge is -2.13. The number of nitrogens with one attached hydrogen (secondary N) is 1. The number of fused-ring (bicyclic) bond motifs is 1. The molecule has 1 atom stereocenters. The van der Waals surface area contributed by atoms with Crippen LogP contribution in [0, 0.1) is 0 Å². The third-order valence-corrected chi connectivity index (χ3v) is 6.00. The molecular weight excluding hydrogens is 272 g/mol. The van der Waals surface area contributed by atoms with Crippen molar-refractivity contribution >= 4 is 22.7 Å². The van der Waals surface area contributed by atoms with E-state index in [-0.39, 0.29) is 0 Å². The Bertz CT molecular complexity index is 493. The molecule has 0 fully saturated rings. The summed E-state index contributed by atoms with van der Waals surface area (Å²) in [4.78, 5) is 8.68. The third-order valence-electron chi connectivity index (χ3n) is 3.85. The first-order valence-electron chi connectivity index (χ1n) is 7.03. The van der Waals surface area contributed by atoms with Gasteiger partial charge in [-0.15, -0.1) is 22.7 Å². The first kappa shape index (κ1) is 13.3. The molecule has 0 saturated heterocycles. The Hall–Kier alpha value is -0.710. The van der Waals surface area contributed by atoms with E-state index in [2.05, 4.69) is 23.4 Å². The number of aryl methyl sites for hydroxylation is 2. The van der Waals surface area contributed by atoms with Gasteiger partial charge in [-0.25, -0.2) is 0 Å². The minimum absolute atomic E-state index is 0.442.